The molecule has 0 aromatic rings. The monoisotopic (exact) mass is 172 g/mol. The predicted molar refractivity (Wildman–Crippen MR) is 26.8 cm³/mol. The van der Waals surface area contributed by atoms with Crippen LogP contribution in [-0.2, 0) is 9.59 Å². The first-order chi connectivity index (χ1) is 4.54. The number of aliphatic carboxylic acids is 2. The number of halogens is 1. The summed E-state index contributed by atoms with van der Waals surface area (Å²) in [6.45, 7) is 0. The Kier molecular flexibility index (Phi) is 8.04. The van der Waals surface area contributed by atoms with E-state index in [2.05, 4.69) is 0 Å². The smallest absolute Gasteiger partial charge is 0.547 e. The molecule has 0 fully saturated rings. The third-order valence-electron chi connectivity index (χ3n) is 0.867. The Labute approximate surface area is 84.7 Å². The molecule has 0 radical (unpaired) electrons. The third kappa shape index (κ3) is 7.77. The Morgan fingerprint density at radius 1 is 1.55 bits per heavy atom. The molecule has 0 aromatic heterocycles. The van der Waals surface area contributed by atoms with Crippen LogP contribution in [0.25, 0.3) is 0 Å². The van der Waals surface area contributed by atoms with Gasteiger partial charge in [0.2, 0.25) is 0 Å². The zero-order valence-electron chi connectivity index (χ0n) is 6.04. The molecule has 0 saturated carbocycles. The first-order valence-corrected chi connectivity index (χ1v) is 2.60. The Morgan fingerprint density at radius 2 is 2.00 bits per heavy atom. The van der Waals surface area contributed by atoms with Crippen LogP contribution in [0.3, 0.4) is 0 Å². The number of carbonyl (C=O) groups is 2. The molecule has 4 nitrogen and oxygen atoms in total. The van der Waals surface area contributed by atoms with Gasteiger partial charge >= 0.3 is 35.5 Å². The average Bonchev–Trinajstić information content (AvgIpc) is 1.82. The molecule has 58 valence electrons. The molecule has 6 heteroatoms. The Morgan fingerprint density at radius 3 is 2.27 bits per heavy atom. The summed E-state index contributed by atoms with van der Waals surface area (Å²) in [5.74, 6) is -3.08. The number of hydrogen-bond donors (Lipinski definition) is 1. The maximum absolute atomic E-state index is 12.0. The summed E-state index contributed by atoms with van der Waals surface area (Å²) >= 11 is 0. The second-order valence-corrected chi connectivity index (χ2v) is 1.72. The second-order valence-electron chi connectivity index (χ2n) is 1.72. The molecule has 0 aliphatic carbocycles. The number of carbonyl (C=O) groups excluding carboxylic acids is 1. The summed E-state index contributed by atoms with van der Waals surface area (Å²) in [5.41, 5.74) is 0. The Bertz CT molecular complexity index is 149. The molecule has 0 saturated heterocycles. The first-order valence-electron chi connectivity index (χ1n) is 2.60. The van der Waals surface area contributed by atoms with Crippen molar-refractivity contribution in [2.24, 2.45) is 0 Å². The molecule has 0 heterocycles. The summed E-state index contributed by atoms with van der Waals surface area (Å²) in [6.07, 6.45) is -3.19. The van der Waals surface area contributed by atoms with E-state index in [0.29, 0.717) is 0 Å². The molecule has 0 amide bonds. The molecule has 0 bridgehead atoms. The molecule has 0 aliphatic rings. The fourth-order valence-electron chi connectivity index (χ4n) is 0.368. The van der Waals surface area contributed by atoms with E-state index in [4.69, 9.17) is 5.11 Å². The SMILES string of the molecule is O=C(O)CC[C@@H](F)C(=O)[O-].[Na+]. The van der Waals surface area contributed by atoms with Gasteiger partial charge in [0.05, 0.1) is 5.97 Å². The minimum absolute atomic E-state index is 0. The van der Waals surface area contributed by atoms with Crippen molar-refractivity contribution in [3.8, 4) is 0 Å². The van der Waals surface area contributed by atoms with Crippen molar-refractivity contribution >= 4 is 11.9 Å². The molecule has 0 aliphatic heterocycles. The third-order valence-corrected chi connectivity index (χ3v) is 0.867. The van der Waals surface area contributed by atoms with E-state index in [1.807, 2.05) is 0 Å². The molecule has 0 rings (SSSR count). The van der Waals surface area contributed by atoms with Gasteiger partial charge in [-0.1, -0.05) is 0 Å². The van der Waals surface area contributed by atoms with Crippen molar-refractivity contribution in [1.29, 1.82) is 0 Å². The van der Waals surface area contributed by atoms with Crippen molar-refractivity contribution in [3.05, 3.63) is 0 Å². The van der Waals surface area contributed by atoms with E-state index in [-0.39, 0.29) is 29.6 Å². The van der Waals surface area contributed by atoms with Crippen LogP contribution in [0.15, 0.2) is 0 Å². The maximum Gasteiger partial charge on any atom is 1.00 e. The van der Waals surface area contributed by atoms with Gasteiger partial charge in [-0.2, -0.15) is 0 Å². The fraction of sp³-hybridized carbons (Fsp3) is 0.600. The topological polar surface area (TPSA) is 77.4 Å². The van der Waals surface area contributed by atoms with Gasteiger partial charge in [-0.3, -0.25) is 4.79 Å². The van der Waals surface area contributed by atoms with Crippen molar-refractivity contribution in [1.82, 2.24) is 0 Å². The minimum Gasteiger partial charge on any atom is -0.547 e. The van der Waals surface area contributed by atoms with Gasteiger partial charge in [-0.05, 0) is 6.42 Å². The number of hydrogen-bond acceptors (Lipinski definition) is 3. The Hall–Kier alpha value is -0.130. The van der Waals surface area contributed by atoms with Crippen molar-refractivity contribution < 1.29 is 53.7 Å². The van der Waals surface area contributed by atoms with Gasteiger partial charge in [0, 0.05) is 6.42 Å². The summed E-state index contributed by atoms with van der Waals surface area (Å²) in [4.78, 5) is 19.4. The molecule has 11 heavy (non-hydrogen) atoms. The second kappa shape index (κ2) is 6.57. The van der Waals surface area contributed by atoms with Crippen molar-refractivity contribution in [2.45, 2.75) is 19.0 Å². The largest absolute Gasteiger partial charge is 1.00 e. The molecule has 0 unspecified atom stereocenters. The van der Waals surface area contributed by atoms with Gasteiger partial charge in [0.15, 0.2) is 0 Å². The van der Waals surface area contributed by atoms with Crippen LogP contribution in [0, 0.1) is 0 Å². The summed E-state index contributed by atoms with van der Waals surface area (Å²) in [7, 11) is 0. The van der Waals surface area contributed by atoms with Crippen LogP contribution < -0.4 is 34.7 Å². The predicted octanol–water partition coefficient (Wildman–Crippen LogP) is -4.06. The van der Waals surface area contributed by atoms with Crippen LogP contribution in [-0.4, -0.2) is 23.2 Å². The maximum atomic E-state index is 12.0. The number of carboxylic acid groups (broad SMARTS) is 2. The average molecular weight is 172 g/mol. The zero-order valence-corrected chi connectivity index (χ0v) is 8.04. The van der Waals surface area contributed by atoms with E-state index in [0.717, 1.165) is 0 Å². The molecule has 1 N–H and O–H groups in total. The fourth-order valence-corrected chi connectivity index (χ4v) is 0.368. The molecule has 1 atom stereocenters. The van der Waals surface area contributed by atoms with Gasteiger partial charge in [0.25, 0.3) is 0 Å². The van der Waals surface area contributed by atoms with Gasteiger partial charge in [-0.25, -0.2) is 4.39 Å². The normalized spacial score (nSPS) is 11.4. The van der Waals surface area contributed by atoms with Gasteiger partial charge < -0.3 is 15.0 Å². The summed E-state index contributed by atoms with van der Waals surface area (Å²) in [6, 6.07) is 0. The molecule has 0 aromatic carbocycles. The van der Waals surface area contributed by atoms with Gasteiger partial charge in [0.1, 0.15) is 6.17 Å². The van der Waals surface area contributed by atoms with Crippen LogP contribution in [0.1, 0.15) is 12.8 Å². The molecular formula is C5H6FNaO4. The van der Waals surface area contributed by atoms with Gasteiger partial charge in [-0.15, -0.1) is 0 Å². The first kappa shape index (κ1) is 13.5. The van der Waals surface area contributed by atoms with Crippen molar-refractivity contribution in [3.63, 3.8) is 0 Å². The standard InChI is InChI=1S/C5H7FO4.Na/c6-3(5(9)10)1-2-4(7)8;/h3H,1-2H2,(H,7,8)(H,9,10);/q;+1/p-1/t3-;/m1./s1. The van der Waals surface area contributed by atoms with E-state index in [9.17, 15) is 19.1 Å². The van der Waals surface area contributed by atoms with Crippen LogP contribution in [0.2, 0.25) is 0 Å². The van der Waals surface area contributed by atoms with Crippen LogP contribution >= 0.6 is 0 Å². The van der Waals surface area contributed by atoms with Crippen LogP contribution in [0.5, 0.6) is 0 Å². The molecular weight excluding hydrogens is 166 g/mol. The number of rotatable bonds is 4. The number of carboxylic acids is 2. The van der Waals surface area contributed by atoms with Crippen molar-refractivity contribution in [2.75, 3.05) is 0 Å². The molecule has 0 spiro atoms. The minimum atomic E-state index is -2.17. The van der Waals surface area contributed by atoms with E-state index in [1.54, 1.807) is 0 Å². The van der Waals surface area contributed by atoms with E-state index < -0.39 is 31.0 Å². The zero-order chi connectivity index (χ0) is 8.15. The van der Waals surface area contributed by atoms with E-state index in [1.165, 1.54) is 0 Å². The van der Waals surface area contributed by atoms with E-state index >= 15 is 0 Å². The quantitative estimate of drug-likeness (QED) is 0.438. The van der Waals surface area contributed by atoms with Crippen LogP contribution in [0.4, 0.5) is 4.39 Å². The number of alkyl halides is 1. The summed E-state index contributed by atoms with van der Waals surface area (Å²) < 4.78 is 12.0. The summed E-state index contributed by atoms with van der Waals surface area (Å²) in [5, 5.41) is 17.6. The Balaban J connectivity index is 0.